The summed E-state index contributed by atoms with van der Waals surface area (Å²) in [7, 11) is 0. The second kappa shape index (κ2) is 8.38. The maximum absolute atomic E-state index is 12.6. The second-order valence-electron chi connectivity index (χ2n) is 6.03. The molecule has 1 amide bonds. The minimum atomic E-state index is -0.437. The first-order valence-electron chi connectivity index (χ1n) is 8.83. The van der Waals surface area contributed by atoms with Gasteiger partial charge in [0.05, 0.1) is 35.8 Å². The lowest BCUT2D eigenvalue weighted by atomic mass is 10.1. The van der Waals surface area contributed by atoms with Crippen molar-refractivity contribution in [2.45, 2.75) is 13.3 Å². The van der Waals surface area contributed by atoms with Gasteiger partial charge in [0.25, 0.3) is 0 Å². The molecule has 2 N–H and O–H groups in total. The molecular weight excluding hydrogens is 330 g/mol. The first-order chi connectivity index (χ1) is 12.7. The Labute approximate surface area is 153 Å². The van der Waals surface area contributed by atoms with Gasteiger partial charge in [0.1, 0.15) is 0 Å². The van der Waals surface area contributed by atoms with Gasteiger partial charge in [-0.3, -0.25) is 4.79 Å². The number of carbonyl (C=O) groups is 2. The van der Waals surface area contributed by atoms with E-state index in [1.807, 2.05) is 24.3 Å². The number of ether oxygens (including phenoxy) is 1. The third-order valence-electron chi connectivity index (χ3n) is 4.20. The highest BCUT2D eigenvalue weighted by Gasteiger charge is 2.19. The number of rotatable bonds is 5. The summed E-state index contributed by atoms with van der Waals surface area (Å²) in [5.41, 5.74) is 2.88. The molecule has 0 aliphatic carbocycles. The summed E-state index contributed by atoms with van der Waals surface area (Å²) in [6.45, 7) is 3.93. The topological polar surface area (TPSA) is 70.7 Å². The van der Waals surface area contributed by atoms with E-state index in [4.69, 9.17) is 4.74 Å². The number of amides is 1. The molecule has 0 saturated carbocycles. The lowest BCUT2D eigenvalue weighted by Crippen LogP contribution is -2.34. The predicted octanol–water partition coefficient (Wildman–Crippen LogP) is 3.12. The third-order valence-corrected chi connectivity index (χ3v) is 4.20. The Kier molecular flexibility index (Phi) is 5.73. The average molecular weight is 353 g/mol. The smallest absolute Gasteiger partial charge is 0.340 e. The number of fused-ring (bicyclic) bond motifs is 1. The van der Waals surface area contributed by atoms with E-state index in [1.165, 1.54) is 0 Å². The van der Waals surface area contributed by atoms with Gasteiger partial charge in [-0.1, -0.05) is 24.3 Å². The molecule has 3 rings (SSSR count). The highest BCUT2D eigenvalue weighted by molar-refractivity contribution is 6.02. The summed E-state index contributed by atoms with van der Waals surface area (Å²) in [5.74, 6) is -0.605. The largest absolute Gasteiger partial charge is 0.462 e. The van der Waals surface area contributed by atoms with E-state index in [9.17, 15) is 9.59 Å². The van der Waals surface area contributed by atoms with Crippen LogP contribution in [-0.2, 0) is 9.53 Å². The van der Waals surface area contributed by atoms with Crippen molar-refractivity contribution in [1.29, 1.82) is 0 Å². The van der Waals surface area contributed by atoms with Crippen LogP contribution in [0.5, 0.6) is 0 Å². The molecule has 0 saturated heterocycles. The maximum atomic E-state index is 12.6. The first-order valence-corrected chi connectivity index (χ1v) is 8.83. The van der Waals surface area contributed by atoms with Gasteiger partial charge in [0, 0.05) is 13.1 Å². The molecule has 0 spiro atoms. The number of hydrogen-bond acceptors (Lipinski definition) is 5. The fourth-order valence-electron chi connectivity index (χ4n) is 3.02. The van der Waals surface area contributed by atoms with Crippen LogP contribution in [0.1, 0.15) is 23.7 Å². The van der Waals surface area contributed by atoms with Crippen LogP contribution in [0.25, 0.3) is 0 Å². The quantitative estimate of drug-likeness (QED) is 0.808. The number of anilines is 3. The van der Waals surface area contributed by atoms with Crippen LogP contribution in [0.4, 0.5) is 17.1 Å². The third kappa shape index (κ3) is 4.14. The average Bonchev–Trinajstić information content (AvgIpc) is 2.85. The summed E-state index contributed by atoms with van der Waals surface area (Å²) in [4.78, 5) is 26.7. The minimum Gasteiger partial charge on any atom is -0.462 e. The van der Waals surface area contributed by atoms with E-state index in [-0.39, 0.29) is 12.5 Å². The first kappa shape index (κ1) is 17.8. The number of hydrogen-bond donors (Lipinski definition) is 2. The lowest BCUT2D eigenvalue weighted by Gasteiger charge is -2.24. The molecule has 6 heteroatoms. The van der Waals surface area contributed by atoms with Gasteiger partial charge in [0.2, 0.25) is 5.91 Å². The van der Waals surface area contributed by atoms with Gasteiger partial charge in [-0.05, 0) is 37.6 Å². The van der Waals surface area contributed by atoms with Crippen molar-refractivity contribution in [1.82, 2.24) is 0 Å². The zero-order valence-corrected chi connectivity index (χ0v) is 14.8. The molecule has 6 nitrogen and oxygen atoms in total. The van der Waals surface area contributed by atoms with Crippen LogP contribution in [0.3, 0.4) is 0 Å². The van der Waals surface area contributed by atoms with E-state index in [1.54, 1.807) is 31.2 Å². The van der Waals surface area contributed by atoms with Crippen molar-refractivity contribution in [3.05, 3.63) is 54.1 Å². The zero-order chi connectivity index (χ0) is 18.4. The Balaban J connectivity index is 1.73. The summed E-state index contributed by atoms with van der Waals surface area (Å²) in [5, 5.41) is 6.23. The van der Waals surface area contributed by atoms with Crippen LogP contribution in [-0.4, -0.2) is 38.1 Å². The van der Waals surface area contributed by atoms with E-state index < -0.39 is 5.97 Å². The molecule has 1 aliphatic rings. The maximum Gasteiger partial charge on any atom is 0.340 e. The Hall–Kier alpha value is -3.02. The molecule has 0 atom stereocenters. The number of nitrogens with one attached hydrogen (secondary N) is 2. The highest BCUT2D eigenvalue weighted by atomic mass is 16.5. The summed E-state index contributed by atoms with van der Waals surface area (Å²) >= 11 is 0. The van der Waals surface area contributed by atoms with Crippen molar-refractivity contribution in [2.24, 2.45) is 0 Å². The molecule has 26 heavy (non-hydrogen) atoms. The number of benzene rings is 2. The van der Waals surface area contributed by atoms with Crippen molar-refractivity contribution in [2.75, 3.05) is 41.8 Å². The zero-order valence-electron chi connectivity index (χ0n) is 14.8. The molecule has 0 unspecified atom stereocenters. The van der Waals surface area contributed by atoms with Gasteiger partial charge in [0.15, 0.2) is 0 Å². The second-order valence-corrected chi connectivity index (χ2v) is 6.03. The van der Waals surface area contributed by atoms with Crippen LogP contribution in [0.15, 0.2) is 48.5 Å². The molecule has 0 fully saturated rings. The summed E-state index contributed by atoms with van der Waals surface area (Å²) in [6, 6.07) is 14.9. The number of nitrogens with zero attached hydrogens (tertiary/aromatic N) is 1. The molecule has 0 bridgehead atoms. The Morgan fingerprint density at radius 1 is 1.15 bits per heavy atom. The molecule has 1 aliphatic heterocycles. The Bertz CT molecular complexity index is 791. The van der Waals surface area contributed by atoms with Gasteiger partial charge in [-0.2, -0.15) is 0 Å². The standard InChI is InChI=1S/C20H23N3O3/c1-2-26-20(25)15-8-3-4-9-16(15)22-19(24)14-23-13-7-12-21-17-10-5-6-11-18(17)23/h3-6,8-11,21H,2,7,12-14H2,1H3,(H,22,24). The molecule has 136 valence electrons. The fraction of sp³-hybridized carbons (Fsp3) is 0.300. The van der Waals surface area contributed by atoms with Crippen LogP contribution >= 0.6 is 0 Å². The molecule has 0 aromatic heterocycles. The monoisotopic (exact) mass is 353 g/mol. The van der Waals surface area contributed by atoms with Crippen molar-refractivity contribution in [3.8, 4) is 0 Å². The van der Waals surface area contributed by atoms with E-state index >= 15 is 0 Å². The van der Waals surface area contributed by atoms with Crippen molar-refractivity contribution >= 4 is 28.9 Å². The normalized spacial score (nSPS) is 13.2. The minimum absolute atomic E-state index is 0.168. The molecule has 2 aromatic carbocycles. The number of esters is 1. The molecule has 2 aromatic rings. The molecule has 1 heterocycles. The highest BCUT2D eigenvalue weighted by Crippen LogP contribution is 2.27. The van der Waals surface area contributed by atoms with E-state index in [0.717, 1.165) is 30.9 Å². The Morgan fingerprint density at radius 2 is 1.92 bits per heavy atom. The number of carbonyl (C=O) groups excluding carboxylic acids is 2. The van der Waals surface area contributed by atoms with Gasteiger partial charge in [-0.25, -0.2) is 4.79 Å². The summed E-state index contributed by atoms with van der Waals surface area (Å²) in [6.07, 6.45) is 0.946. The molecule has 0 radical (unpaired) electrons. The SMILES string of the molecule is CCOC(=O)c1ccccc1NC(=O)CN1CCCNc2ccccc21. The number of para-hydroxylation sites is 3. The van der Waals surface area contributed by atoms with Crippen molar-refractivity contribution in [3.63, 3.8) is 0 Å². The van der Waals surface area contributed by atoms with Crippen LogP contribution < -0.4 is 15.5 Å². The van der Waals surface area contributed by atoms with Gasteiger partial charge >= 0.3 is 5.97 Å². The molecular formula is C20H23N3O3. The fourth-order valence-corrected chi connectivity index (χ4v) is 3.02. The van der Waals surface area contributed by atoms with Crippen molar-refractivity contribution < 1.29 is 14.3 Å². The predicted molar refractivity (Wildman–Crippen MR) is 103 cm³/mol. The van der Waals surface area contributed by atoms with E-state index in [0.29, 0.717) is 17.9 Å². The summed E-state index contributed by atoms with van der Waals surface area (Å²) < 4.78 is 5.05. The van der Waals surface area contributed by atoms with Gasteiger partial charge < -0.3 is 20.3 Å². The van der Waals surface area contributed by atoms with Crippen LogP contribution in [0, 0.1) is 0 Å². The van der Waals surface area contributed by atoms with Gasteiger partial charge in [-0.15, -0.1) is 0 Å². The Morgan fingerprint density at radius 3 is 2.77 bits per heavy atom. The van der Waals surface area contributed by atoms with E-state index in [2.05, 4.69) is 15.5 Å². The lowest BCUT2D eigenvalue weighted by molar-refractivity contribution is -0.115. The van der Waals surface area contributed by atoms with Crippen LogP contribution in [0.2, 0.25) is 0 Å².